The number of Topliss-reactive ketones (excluding diaryl/α,β-unsaturated/α-hetero) is 1. The second-order valence-electron chi connectivity index (χ2n) is 7.63. The summed E-state index contributed by atoms with van der Waals surface area (Å²) < 4.78 is 0. The summed E-state index contributed by atoms with van der Waals surface area (Å²) in [6.45, 7) is 4.61. The van der Waals surface area contributed by atoms with Gasteiger partial charge in [-0.15, -0.1) is 0 Å². The average molecular weight is 276 g/mol. The minimum absolute atomic E-state index is 0.212. The normalized spacial score (nSPS) is 40.9. The molecule has 0 unspecified atom stereocenters. The molecule has 0 amide bonds. The maximum absolute atomic E-state index is 12.2. The number of fused-ring (bicyclic) bond motifs is 1. The molecule has 0 aliphatic heterocycles. The van der Waals surface area contributed by atoms with Crippen LogP contribution in [0.3, 0.4) is 0 Å². The van der Waals surface area contributed by atoms with Gasteiger partial charge in [0.2, 0.25) is 0 Å². The van der Waals surface area contributed by atoms with Crippen LogP contribution in [-0.2, 0) is 4.79 Å². The van der Waals surface area contributed by atoms with Gasteiger partial charge in [0.15, 0.2) is 0 Å². The Balaban J connectivity index is 1.68. The number of carbonyl (C=O) groups is 1. The zero-order valence-electron chi connectivity index (χ0n) is 12.8. The number of aliphatic hydroxyl groups excluding tert-OH is 1. The minimum atomic E-state index is -0.240. The molecule has 0 aromatic heterocycles. The van der Waals surface area contributed by atoms with Crippen molar-refractivity contribution in [3.05, 3.63) is 12.2 Å². The number of allylic oxidation sites excluding steroid dienone is 1. The van der Waals surface area contributed by atoms with Crippen molar-refractivity contribution in [3.63, 3.8) is 0 Å². The van der Waals surface area contributed by atoms with Crippen molar-refractivity contribution in [1.82, 2.24) is 0 Å². The maximum atomic E-state index is 12.2. The standard InChI is InChI=1S/C18H28O2/c1-12(5-10-16(19)13-6-7-13)14-8-9-15-17(20)4-3-11-18(14,15)2/h5,10,12-16,19H,3-4,6-9,11H2,1-2H3/b10-5+/t12-,14-,15+,16-,18-/m1/s1. The molecule has 2 nitrogen and oxygen atoms in total. The Morgan fingerprint density at radius 2 is 2.00 bits per heavy atom. The summed E-state index contributed by atoms with van der Waals surface area (Å²) in [7, 11) is 0. The van der Waals surface area contributed by atoms with Gasteiger partial charge in [0.1, 0.15) is 5.78 Å². The zero-order chi connectivity index (χ0) is 14.3. The lowest BCUT2D eigenvalue weighted by Crippen LogP contribution is -2.39. The van der Waals surface area contributed by atoms with E-state index in [1.807, 2.05) is 6.08 Å². The van der Waals surface area contributed by atoms with Crippen LogP contribution in [0.1, 0.15) is 58.8 Å². The molecular formula is C18H28O2. The monoisotopic (exact) mass is 276 g/mol. The number of hydrogen-bond donors (Lipinski definition) is 1. The van der Waals surface area contributed by atoms with Crippen molar-refractivity contribution in [2.75, 3.05) is 0 Å². The Morgan fingerprint density at radius 1 is 1.25 bits per heavy atom. The van der Waals surface area contributed by atoms with E-state index >= 15 is 0 Å². The molecule has 3 aliphatic carbocycles. The van der Waals surface area contributed by atoms with Crippen molar-refractivity contribution in [2.45, 2.75) is 64.9 Å². The van der Waals surface area contributed by atoms with Crippen molar-refractivity contribution < 1.29 is 9.90 Å². The van der Waals surface area contributed by atoms with E-state index < -0.39 is 0 Å². The Kier molecular flexibility index (Phi) is 3.79. The van der Waals surface area contributed by atoms with Gasteiger partial charge in [-0.05, 0) is 61.7 Å². The van der Waals surface area contributed by atoms with Crippen LogP contribution in [-0.4, -0.2) is 17.0 Å². The summed E-state index contributed by atoms with van der Waals surface area (Å²) in [6, 6.07) is 0. The summed E-state index contributed by atoms with van der Waals surface area (Å²) in [5, 5.41) is 9.98. The Morgan fingerprint density at radius 3 is 2.70 bits per heavy atom. The van der Waals surface area contributed by atoms with Gasteiger partial charge in [0.05, 0.1) is 6.10 Å². The third kappa shape index (κ3) is 2.47. The number of carbonyl (C=O) groups excluding carboxylic acids is 1. The van der Waals surface area contributed by atoms with Gasteiger partial charge in [-0.25, -0.2) is 0 Å². The largest absolute Gasteiger partial charge is 0.389 e. The Hall–Kier alpha value is -0.630. The van der Waals surface area contributed by atoms with E-state index in [1.165, 1.54) is 25.7 Å². The van der Waals surface area contributed by atoms with Crippen LogP contribution in [0.15, 0.2) is 12.2 Å². The Bertz CT molecular complexity index is 410. The van der Waals surface area contributed by atoms with E-state index in [-0.39, 0.29) is 11.5 Å². The molecule has 0 radical (unpaired) electrons. The molecule has 3 saturated carbocycles. The van der Waals surface area contributed by atoms with Gasteiger partial charge in [-0.3, -0.25) is 4.79 Å². The van der Waals surface area contributed by atoms with Crippen LogP contribution in [0.25, 0.3) is 0 Å². The molecule has 0 aromatic rings. The molecule has 20 heavy (non-hydrogen) atoms. The first-order valence-electron chi connectivity index (χ1n) is 8.41. The van der Waals surface area contributed by atoms with Crippen LogP contribution < -0.4 is 0 Å². The quantitative estimate of drug-likeness (QED) is 0.794. The van der Waals surface area contributed by atoms with E-state index in [0.717, 1.165) is 19.3 Å². The molecule has 2 heteroatoms. The average Bonchev–Trinajstić information content (AvgIpc) is 3.18. The van der Waals surface area contributed by atoms with E-state index in [0.29, 0.717) is 29.5 Å². The third-order valence-electron chi connectivity index (χ3n) is 6.29. The molecule has 0 aromatic carbocycles. The van der Waals surface area contributed by atoms with Gasteiger partial charge in [0, 0.05) is 12.3 Å². The second-order valence-corrected chi connectivity index (χ2v) is 7.63. The summed E-state index contributed by atoms with van der Waals surface area (Å²) in [4.78, 5) is 12.2. The molecule has 0 bridgehead atoms. The summed E-state index contributed by atoms with van der Waals surface area (Å²) in [5.74, 6) is 2.42. The van der Waals surface area contributed by atoms with E-state index in [9.17, 15) is 9.90 Å². The van der Waals surface area contributed by atoms with Crippen LogP contribution >= 0.6 is 0 Å². The van der Waals surface area contributed by atoms with Crippen LogP contribution in [0.4, 0.5) is 0 Å². The molecular weight excluding hydrogens is 248 g/mol. The van der Waals surface area contributed by atoms with Crippen LogP contribution in [0.5, 0.6) is 0 Å². The van der Waals surface area contributed by atoms with Gasteiger partial charge < -0.3 is 5.11 Å². The highest BCUT2D eigenvalue weighted by molar-refractivity contribution is 5.83. The van der Waals surface area contributed by atoms with Crippen LogP contribution in [0.2, 0.25) is 0 Å². The topological polar surface area (TPSA) is 37.3 Å². The van der Waals surface area contributed by atoms with Crippen molar-refractivity contribution in [1.29, 1.82) is 0 Å². The van der Waals surface area contributed by atoms with E-state index in [2.05, 4.69) is 19.9 Å². The number of aliphatic hydroxyl groups is 1. The lowest BCUT2D eigenvalue weighted by molar-refractivity contribution is -0.129. The van der Waals surface area contributed by atoms with Crippen LogP contribution in [0, 0.1) is 29.1 Å². The fourth-order valence-corrected chi connectivity index (χ4v) is 4.85. The second kappa shape index (κ2) is 5.29. The highest BCUT2D eigenvalue weighted by atomic mass is 16.3. The maximum Gasteiger partial charge on any atom is 0.136 e. The van der Waals surface area contributed by atoms with Gasteiger partial charge in [0.25, 0.3) is 0 Å². The molecule has 1 N–H and O–H groups in total. The van der Waals surface area contributed by atoms with Crippen molar-refractivity contribution in [3.8, 4) is 0 Å². The molecule has 0 spiro atoms. The zero-order valence-corrected chi connectivity index (χ0v) is 12.8. The summed E-state index contributed by atoms with van der Waals surface area (Å²) >= 11 is 0. The fraction of sp³-hybridized carbons (Fsp3) is 0.833. The highest BCUT2D eigenvalue weighted by Crippen LogP contribution is 2.56. The van der Waals surface area contributed by atoms with E-state index in [1.54, 1.807) is 0 Å². The first kappa shape index (κ1) is 14.3. The molecule has 3 aliphatic rings. The molecule has 3 fully saturated rings. The summed E-state index contributed by atoms with van der Waals surface area (Å²) in [6.07, 6.45) is 11.7. The number of rotatable bonds is 4. The molecule has 0 saturated heterocycles. The number of ketones is 1. The van der Waals surface area contributed by atoms with Gasteiger partial charge in [-0.2, -0.15) is 0 Å². The lowest BCUT2D eigenvalue weighted by Gasteiger charge is -2.41. The fourth-order valence-electron chi connectivity index (χ4n) is 4.85. The predicted octanol–water partition coefficient (Wildman–Crippen LogP) is 3.74. The number of hydrogen-bond acceptors (Lipinski definition) is 2. The third-order valence-corrected chi connectivity index (χ3v) is 6.29. The van der Waals surface area contributed by atoms with Gasteiger partial charge in [-0.1, -0.05) is 26.0 Å². The molecule has 0 heterocycles. The van der Waals surface area contributed by atoms with Gasteiger partial charge >= 0.3 is 0 Å². The van der Waals surface area contributed by atoms with E-state index in [4.69, 9.17) is 0 Å². The van der Waals surface area contributed by atoms with Crippen molar-refractivity contribution >= 4 is 5.78 Å². The lowest BCUT2D eigenvalue weighted by atomic mass is 9.62. The minimum Gasteiger partial charge on any atom is -0.389 e. The smallest absolute Gasteiger partial charge is 0.136 e. The SMILES string of the molecule is C[C@H](/C=C/[C@@H](O)C1CC1)[C@H]1CC[C@H]2C(=O)CCC[C@]12C. The molecule has 112 valence electrons. The predicted molar refractivity (Wildman–Crippen MR) is 80.2 cm³/mol. The van der Waals surface area contributed by atoms with Crippen molar-refractivity contribution in [2.24, 2.45) is 29.1 Å². The summed E-state index contributed by atoms with van der Waals surface area (Å²) in [5.41, 5.74) is 0.212. The highest BCUT2D eigenvalue weighted by Gasteiger charge is 2.51. The first-order valence-corrected chi connectivity index (χ1v) is 8.41. The molecule has 3 rings (SSSR count). The molecule has 5 atom stereocenters. The Labute approximate surface area is 122 Å². The first-order chi connectivity index (χ1) is 9.52.